The first-order chi connectivity index (χ1) is 8.81. The Balaban J connectivity index is 2.49. The molecule has 19 heavy (non-hydrogen) atoms. The molecule has 0 saturated carbocycles. The van der Waals surface area contributed by atoms with Crippen LogP contribution in [0.5, 0.6) is 0 Å². The third kappa shape index (κ3) is 5.92. The average molecular weight is 290 g/mol. The summed E-state index contributed by atoms with van der Waals surface area (Å²) in [6.45, 7) is 0. The summed E-state index contributed by atoms with van der Waals surface area (Å²) in [5, 5.41) is 0. The van der Waals surface area contributed by atoms with E-state index in [-0.39, 0.29) is 18.6 Å². The van der Waals surface area contributed by atoms with Crippen molar-refractivity contribution in [1.29, 1.82) is 0 Å². The molecule has 1 aromatic carbocycles. The third-order valence-corrected chi connectivity index (χ3v) is 3.18. The van der Waals surface area contributed by atoms with Crippen molar-refractivity contribution in [2.24, 2.45) is 0 Å². The minimum Gasteiger partial charge on any atom is -0.299 e. The van der Waals surface area contributed by atoms with Gasteiger partial charge in [-0.25, -0.2) is 0 Å². The van der Waals surface area contributed by atoms with Crippen molar-refractivity contribution in [1.82, 2.24) is 0 Å². The van der Waals surface area contributed by atoms with Gasteiger partial charge in [0.15, 0.2) is 5.78 Å². The van der Waals surface area contributed by atoms with Crippen LogP contribution in [0.25, 0.3) is 0 Å². The highest BCUT2D eigenvalue weighted by Gasteiger charge is 2.30. The van der Waals surface area contributed by atoms with Crippen LogP contribution < -0.4 is 0 Å². The van der Waals surface area contributed by atoms with Crippen molar-refractivity contribution >= 4 is 23.3 Å². The quantitative estimate of drug-likeness (QED) is 0.588. The van der Waals surface area contributed by atoms with E-state index in [1.54, 1.807) is 24.3 Å². The van der Waals surface area contributed by atoms with Crippen LogP contribution in [0.4, 0.5) is 13.2 Å². The zero-order valence-corrected chi connectivity index (χ0v) is 11.1. The van der Waals surface area contributed by atoms with Crippen LogP contribution in [0.15, 0.2) is 29.2 Å². The smallest absolute Gasteiger partial charge is 0.299 e. The van der Waals surface area contributed by atoms with Gasteiger partial charge in [0.2, 0.25) is 0 Å². The number of halogens is 3. The van der Waals surface area contributed by atoms with Gasteiger partial charge in [0, 0.05) is 23.3 Å². The molecule has 0 aliphatic carbocycles. The Kier molecular flexibility index (Phi) is 5.60. The molecule has 104 valence electrons. The van der Waals surface area contributed by atoms with Crippen LogP contribution in [-0.2, 0) is 4.79 Å². The molecule has 0 amide bonds. The Hall–Kier alpha value is -1.30. The summed E-state index contributed by atoms with van der Waals surface area (Å²) in [6, 6.07) is 6.75. The maximum absolute atomic E-state index is 11.9. The van der Waals surface area contributed by atoms with E-state index in [9.17, 15) is 22.8 Å². The van der Waals surface area contributed by atoms with Crippen molar-refractivity contribution in [3.05, 3.63) is 29.8 Å². The average Bonchev–Trinajstić information content (AvgIpc) is 2.34. The number of hydrogen-bond donors (Lipinski definition) is 0. The van der Waals surface area contributed by atoms with Crippen molar-refractivity contribution in [2.75, 3.05) is 6.26 Å². The van der Waals surface area contributed by atoms with Crippen molar-refractivity contribution in [2.45, 2.75) is 30.3 Å². The van der Waals surface area contributed by atoms with Gasteiger partial charge in [-0.2, -0.15) is 13.2 Å². The van der Waals surface area contributed by atoms with Crippen LogP contribution in [-0.4, -0.2) is 24.0 Å². The van der Waals surface area contributed by atoms with E-state index < -0.39 is 18.4 Å². The van der Waals surface area contributed by atoms with Crippen LogP contribution in [0, 0.1) is 0 Å². The van der Waals surface area contributed by atoms with Crippen LogP contribution in [0.1, 0.15) is 29.6 Å². The Labute approximate surface area is 113 Å². The molecule has 0 atom stereocenters. The molecule has 6 heteroatoms. The van der Waals surface area contributed by atoms with E-state index in [1.165, 1.54) is 11.8 Å². The van der Waals surface area contributed by atoms with Crippen molar-refractivity contribution < 1.29 is 22.8 Å². The van der Waals surface area contributed by atoms with Crippen molar-refractivity contribution in [3.8, 4) is 0 Å². The minimum atomic E-state index is -4.50. The normalized spacial score (nSPS) is 11.4. The maximum atomic E-state index is 11.9. The fourth-order valence-corrected chi connectivity index (χ4v) is 1.89. The first-order valence-electron chi connectivity index (χ1n) is 5.57. The number of rotatable bonds is 6. The van der Waals surface area contributed by atoms with E-state index in [2.05, 4.69) is 0 Å². The zero-order valence-electron chi connectivity index (χ0n) is 10.3. The third-order valence-electron chi connectivity index (χ3n) is 2.44. The molecule has 2 nitrogen and oxygen atoms in total. The molecule has 0 aromatic heterocycles. The van der Waals surface area contributed by atoms with E-state index in [0.29, 0.717) is 5.56 Å². The summed E-state index contributed by atoms with van der Waals surface area (Å²) in [5.41, 5.74) is 0.414. The van der Waals surface area contributed by atoms with Gasteiger partial charge >= 0.3 is 6.18 Å². The van der Waals surface area contributed by atoms with Crippen LogP contribution in [0.3, 0.4) is 0 Å². The molecule has 0 radical (unpaired) electrons. The van der Waals surface area contributed by atoms with Gasteiger partial charge in [-0.05, 0) is 18.4 Å². The fourth-order valence-electron chi connectivity index (χ4n) is 1.49. The van der Waals surface area contributed by atoms with Crippen LogP contribution in [0.2, 0.25) is 0 Å². The lowest BCUT2D eigenvalue weighted by molar-refractivity contribution is -0.152. The lowest BCUT2D eigenvalue weighted by Crippen LogP contribution is -2.15. The molecule has 0 aliphatic heterocycles. The highest BCUT2D eigenvalue weighted by atomic mass is 32.2. The number of benzene rings is 1. The lowest BCUT2D eigenvalue weighted by Gasteiger charge is -2.05. The van der Waals surface area contributed by atoms with E-state index >= 15 is 0 Å². The largest absolute Gasteiger partial charge is 0.395 e. The van der Waals surface area contributed by atoms with Crippen molar-refractivity contribution in [3.63, 3.8) is 0 Å². The number of thioether (sulfide) groups is 1. The summed E-state index contributed by atoms with van der Waals surface area (Å²) >= 11 is 1.52. The molecule has 0 spiro atoms. The number of carbonyl (C=O) groups is 2. The Morgan fingerprint density at radius 1 is 1.11 bits per heavy atom. The number of ketones is 2. The SMILES string of the molecule is CSc1ccc(C(=O)CCC(=O)CC(F)(F)F)cc1. The molecule has 1 rings (SSSR count). The molecule has 0 unspecified atom stereocenters. The van der Waals surface area contributed by atoms with Gasteiger partial charge in [-0.3, -0.25) is 9.59 Å². The summed E-state index contributed by atoms with van der Waals surface area (Å²) in [6.07, 6.45) is -4.63. The highest BCUT2D eigenvalue weighted by molar-refractivity contribution is 7.98. The summed E-state index contributed by atoms with van der Waals surface area (Å²) in [4.78, 5) is 23.7. The zero-order chi connectivity index (χ0) is 14.5. The number of carbonyl (C=O) groups excluding carboxylic acids is 2. The Bertz CT molecular complexity index is 452. The number of hydrogen-bond acceptors (Lipinski definition) is 3. The van der Waals surface area contributed by atoms with E-state index in [1.807, 2.05) is 6.26 Å². The molecule has 0 saturated heterocycles. The molecule has 0 heterocycles. The number of alkyl halides is 3. The second kappa shape index (κ2) is 6.75. The lowest BCUT2D eigenvalue weighted by atomic mass is 10.0. The molecule has 0 fully saturated rings. The van der Waals surface area contributed by atoms with E-state index in [0.717, 1.165) is 4.90 Å². The van der Waals surface area contributed by atoms with Gasteiger partial charge in [0.1, 0.15) is 12.2 Å². The van der Waals surface area contributed by atoms with Gasteiger partial charge in [-0.1, -0.05) is 12.1 Å². The summed E-state index contributed by atoms with van der Waals surface area (Å²) in [7, 11) is 0. The number of Topliss-reactive ketones (excluding diaryl/α,β-unsaturated/α-hetero) is 2. The first kappa shape index (κ1) is 15.8. The fraction of sp³-hybridized carbons (Fsp3) is 0.385. The second-order valence-corrected chi connectivity index (χ2v) is 4.86. The van der Waals surface area contributed by atoms with Gasteiger partial charge in [-0.15, -0.1) is 11.8 Å². The Morgan fingerprint density at radius 2 is 1.68 bits per heavy atom. The molecular formula is C13H13F3O2S. The monoisotopic (exact) mass is 290 g/mol. The van der Waals surface area contributed by atoms with Gasteiger partial charge in [0.25, 0.3) is 0 Å². The second-order valence-electron chi connectivity index (χ2n) is 3.98. The standard InChI is InChI=1S/C13H13F3O2S/c1-19-11-5-2-9(3-6-11)12(18)7-4-10(17)8-13(14,15)16/h2-3,5-6H,4,7-8H2,1H3. The van der Waals surface area contributed by atoms with Crippen LogP contribution >= 0.6 is 11.8 Å². The summed E-state index contributed by atoms with van der Waals surface area (Å²) < 4.78 is 35.8. The van der Waals surface area contributed by atoms with Gasteiger partial charge < -0.3 is 0 Å². The maximum Gasteiger partial charge on any atom is 0.395 e. The molecule has 0 bridgehead atoms. The molecule has 1 aromatic rings. The summed E-state index contributed by atoms with van der Waals surface area (Å²) in [5.74, 6) is -1.27. The van der Waals surface area contributed by atoms with E-state index in [4.69, 9.17) is 0 Å². The first-order valence-corrected chi connectivity index (χ1v) is 6.80. The topological polar surface area (TPSA) is 34.1 Å². The predicted molar refractivity (Wildman–Crippen MR) is 67.5 cm³/mol. The Morgan fingerprint density at radius 3 is 2.16 bits per heavy atom. The predicted octanol–water partition coefficient (Wildman–Crippen LogP) is 3.89. The molecule has 0 N–H and O–H groups in total. The molecular weight excluding hydrogens is 277 g/mol. The molecule has 0 aliphatic rings. The van der Waals surface area contributed by atoms with Gasteiger partial charge in [0.05, 0.1) is 0 Å². The minimum absolute atomic E-state index is 0.187. The highest BCUT2D eigenvalue weighted by Crippen LogP contribution is 2.21.